The van der Waals surface area contributed by atoms with Crippen LogP contribution in [0.5, 0.6) is 5.75 Å². The van der Waals surface area contributed by atoms with Crippen LogP contribution in [-0.4, -0.2) is 33.4 Å². The first-order valence-corrected chi connectivity index (χ1v) is 10.9. The third kappa shape index (κ3) is 4.38. The molecule has 0 spiro atoms. The van der Waals surface area contributed by atoms with Crippen LogP contribution in [0.25, 0.3) is 10.8 Å². The SMILES string of the molecule is COc1ccc2cc(CN(C)Cn3nc(C)n(C4CCCCC4)c3=S)ccc2c1. The first-order chi connectivity index (χ1) is 14.0. The van der Waals surface area contributed by atoms with E-state index in [1.54, 1.807) is 7.11 Å². The molecule has 6 heteroatoms. The highest BCUT2D eigenvalue weighted by atomic mass is 32.1. The Morgan fingerprint density at radius 2 is 1.83 bits per heavy atom. The molecule has 4 rings (SSSR count). The normalized spacial score (nSPS) is 15.3. The van der Waals surface area contributed by atoms with Gasteiger partial charge in [0.15, 0.2) is 4.77 Å². The van der Waals surface area contributed by atoms with Crippen LogP contribution in [0, 0.1) is 11.7 Å². The zero-order chi connectivity index (χ0) is 20.4. The Bertz CT molecular complexity index is 1050. The molecule has 0 aliphatic heterocycles. The van der Waals surface area contributed by atoms with Gasteiger partial charge in [0.2, 0.25) is 0 Å². The predicted molar refractivity (Wildman–Crippen MR) is 120 cm³/mol. The molecule has 1 aliphatic rings. The number of hydrogen-bond acceptors (Lipinski definition) is 4. The van der Waals surface area contributed by atoms with E-state index in [0.717, 1.165) is 22.9 Å². The Morgan fingerprint density at radius 1 is 1.10 bits per heavy atom. The molecule has 0 N–H and O–H groups in total. The minimum absolute atomic E-state index is 0.521. The highest BCUT2D eigenvalue weighted by molar-refractivity contribution is 7.71. The molecule has 1 heterocycles. The molecular weight excluding hydrogens is 380 g/mol. The second-order valence-electron chi connectivity index (χ2n) is 8.19. The zero-order valence-corrected chi connectivity index (χ0v) is 18.4. The van der Waals surface area contributed by atoms with E-state index >= 15 is 0 Å². The largest absolute Gasteiger partial charge is 0.497 e. The number of benzene rings is 2. The average molecular weight is 411 g/mol. The molecule has 5 nitrogen and oxygen atoms in total. The summed E-state index contributed by atoms with van der Waals surface area (Å²) in [7, 11) is 3.82. The highest BCUT2D eigenvalue weighted by Crippen LogP contribution is 2.29. The lowest BCUT2D eigenvalue weighted by Gasteiger charge is -2.23. The van der Waals surface area contributed by atoms with E-state index in [4.69, 9.17) is 22.1 Å². The summed E-state index contributed by atoms with van der Waals surface area (Å²) >= 11 is 5.79. The van der Waals surface area contributed by atoms with E-state index in [9.17, 15) is 0 Å². The van der Waals surface area contributed by atoms with Crippen molar-refractivity contribution in [3.8, 4) is 5.75 Å². The maximum absolute atomic E-state index is 5.79. The highest BCUT2D eigenvalue weighted by Gasteiger charge is 2.20. The van der Waals surface area contributed by atoms with Crippen molar-refractivity contribution in [2.75, 3.05) is 14.2 Å². The van der Waals surface area contributed by atoms with Gasteiger partial charge in [-0.3, -0.25) is 4.90 Å². The molecule has 154 valence electrons. The number of methoxy groups -OCH3 is 1. The smallest absolute Gasteiger partial charge is 0.199 e. The molecule has 3 aromatic rings. The fourth-order valence-electron chi connectivity index (χ4n) is 4.47. The van der Waals surface area contributed by atoms with Gasteiger partial charge >= 0.3 is 0 Å². The molecule has 1 aliphatic carbocycles. The van der Waals surface area contributed by atoms with Gasteiger partial charge in [0.1, 0.15) is 11.6 Å². The van der Waals surface area contributed by atoms with E-state index in [1.165, 1.54) is 48.4 Å². The Hall–Kier alpha value is -2.18. The molecule has 2 aromatic carbocycles. The number of ether oxygens (including phenoxy) is 1. The molecule has 0 saturated heterocycles. The quantitative estimate of drug-likeness (QED) is 0.504. The predicted octanol–water partition coefficient (Wildman–Crippen LogP) is 5.48. The van der Waals surface area contributed by atoms with E-state index < -0.39 is 0 Å². The fraction of sp³-hybridized carbons (Fsp3) is 0.478. The topological polar surface area (TPSA) is 35.2 Å². The molecule has 0 atom stereocenters. The van der Waals surface area contributed by atoms with Crippen LogP contribution in [0.2, 0.25) is 0 Å². The second kappa shape index (κ2) is 8.67. The summed E-state index contributed by atoms with van der Waals surface area (Å²) in [5.41, 5.74) is 1.28. The molecular formula is C23H30N4OS. The Balaban J connectivity index is 1.48. The van der Waals surface area contributed by atoms with Crippen molar-refractivity contribution in [2.24, 2.45) is 0 Å². The van der Waals surface area contributed by atoms with Crippen LogP contribution in [0.15, 0.2) is 36.4 Å². The van der Waals surface area contributed by atoms with E-state index in [-0.39, 0.29) is 0 Å². The summed E-state index contributed by atoms with van der Waals surface area (Å²) < 4.78 is 10.4. The van der Waals surface area contributed by atoms with E-state index in [0.29, 0.717) is 12.7 Å². The zero-order valence-electron chi connectivity index (χ0n) is 17.6. The molecule has 0 radical (unpaired) electrons. The van der Waals surface area contributed by atoms with Gasteiger partial charge in [-0.05, 0) is 73.6 Å². The summed E-state index contributed by atoms with van der Waals surface area (Å²) in [5, 5.41) is 7.18. The van der Waals surface area contributed by atoms with Gasteiger partial charge in [-0.2, -0.15) is 5.10 Å². The number of rotatable bonds is 6. The Labute approximate surface area is 177 Å². The molecule has 0 bridgehead atoms. The van der Waals surface area contributed by atoms with Crippen molar-refractivity contribution in [3.63, 3.8) is 0 Å². The number of fused-ring (bicyclic) bond motifs is 1. The lowest BCUT2D eigenvalue weighted by Crippen LogP contribution is -2.23. The summed E-state index contributed by atoms with van der Waals surface area (Å²) in [6.07, 6.45) is 6.38. The van der Waals surface area contributed by atoms with Gasteiger partial charge < -0.3 is 9.30 Å². The first kappa shape index (κ1) is 20.1. The van der Waals surface area contributed by atoms with Gasteiger partial charge in [0.05, 0.1) is 13.8 Å². The van der Waals surface area contributed by atoms with Crippen molar-refractivity contribution in [1.82, 2.24) is 19.2 Å². The number of aryl methyl sites for hydroxylation is 1. The minimum Gasteiger partial charge on any atom is -0.497 e. The van der Waals surface area contributed by atoms with Crippen LogP contribution in [-0.2, 0) is 13.2 Å². The second-order valence-corrected chi connectivity index (χ2v) is 8.56. The van der Waals surface area contributed by atoms with Crippen LogP contribution >= 0.6 is 12.2 Å². The van der Waals surface area contributed by atoms with Crippen LogP contribution < -0.4 is 4.74 Å². The van der Waals surface area contributed by atoms with Crippen molar-refractivity contribution >= 4 is 23.0 Å². The van der Waals surface area contributed by atoms with E-state index in [2.05, 4.69) is 53.8 Å². The van der Waals surface area contributed by atoms with Crippen LogP contribution in [0.4, 0.5) is 0 Å². The summed E-state index contributed by atoms with van der Waals surface area (Å²) in [6, 6.07) is 13.3. The summed E-state index contributed by atoms with van der Waals surface area (Å²) in [5.74, 6) is 1.93. The van der Waals surface area contributed by atoms with Crippen molar-refractivity contribution < 1.29 is 4.74 Å². The molecule has 1 fully saturated rings. The first-order valence-electron chi connectivity index (χ1n) is 10.5. The lowest BCUT2D eigenvalue weighted by molar-refractivity contribution is 0.242. The minimum atomic E-state index is 0.521. The lowest BCUT2D eigenvalue weighted by atomic mass is 9.95. The summed E-state index contributed by atoms with van der Waals surface area (Å²) in [6.45, 7) is 3.62. The monoisotopic (exact) mass is 410 g/mol. The van der Waals surface area contributed by atoms with Crippen molar-refractivity contribution in [3.05, 3.63) is 52.6 Å². The van der Waals surface area contributed by atoms with Gasteiger partial charge in [-0.15, -0.1) is 0 Å². The maximum atomic E-state index is 5.79. The van der Waals surface area contributed by atoms with Crippen LogP contribution in [0.1, 0.15) is 49.5 Å². The van der Waals surface area contributed by atoms with Gasteiger partial charge in [0, 0.05) is 12.6 Å². The van der Waals surface area contributed by atoms with Crippen molar-refractivity contribution in [1.29, 1.82) is 0 Å². The third-order valence-corrected chi connectivity index (χ3v) is 6.33. The molecule has 29 heavy (non-hydrogen) atoms. The van der Waals surface area contributed by atoms with Crippen LogP contribution in [0.3, 0.4) is 0 Å². The third-order valence-electron chi connectivity index (χ3n) is 5.92. The molecule has 0 amide bonds. The van der Waals surface area contributed by atoms with Crippen molar-refractivity contribution in [2.45, 2.75) is 58.3 Å². The number of nitrogens with zero attached hydrogens (tertiary/aromatic N) is 4. The Kier molecular flexibility index (Phi) is 6.01. The molecule has 1 aromatic heterocycles. The molecule has 0 unspecified atom stereocenters. The molecule has 1 saturated carbocycles. The summed E-state index contributed by atoms with van der Waals surface area (Å²) in [4.78, 5) is 2.26. The standard InChI is InChI=1S/C23H30N4OS/c1-17-24-26(23(29)27(17)21-7-5-4-6-8-21)16-25(2)15-18-9-10-20-14-22(28-3)12-11-19(20)13-18/h9-14,21H,4-8,15-16H2,1-3H3. The maximum Gasteiger partial charge on any atom is 0.199 e. The fourth-order valence-corrected chi connectivity index (χ4v) is 4.85. The number of hydrogen-bond donors (Lipinski definition) is 0. The average Bonchev–Trinajstić information content (AvgIpc) is 3.01. The van der Waals surface area contributed by atoms with Gasteiger partial charge in [0.25, 0.3) is 0 Å². The van der Waals surface area contributed by atoms with Gasteiger partial charge in [-0.1, -0.05) is 37.5 Å². The van der Waals surface area contributed by atoms with Gasteiger partial charge in [-0.25, -0.2) is 4.68 Å². The van der Waals surface area contributed by atoms with E-state index in [1.807, 2.05) is 10.7 Å². The number of aromatic nitrogens is 3. The Morgan fingerprint density at radius 3 is 2.59 bits per heavy atom.